The molecule has 0 aromatic heterocycles. The van der Waals surface area contributed by atoms with E-state index in [1.165, 1.54) is 24.3 Å². The van der Waals surface area contributed by atoms with Crippen molar-refractivity contribution in [3.8, 4) is 5.75 Å². The first-order valence-corrected chi connectivity index (χ1v) is 4.98. The molecular weight excluding hydrogens is 219 g/mol. The van der Waals surface area contributed by atoms with Crippen molar-refractivity contribution in [3.05, 3.63) is 29.8 Å². The van der Waals surface area contributed by atoms with Gasteiger partial charge in [-0.2, -0.15) is 13.2 Å². The maximum atomic E-state index is 12.5. The van der Waals surface area contributed by atoms with Gasteiger partial charge in [0.1, 0.15) is 5.75 Å². The average Bonchev–Trinajstić information content (AvgIpc) is 2.20. The molecule has 1 aromatic carbocycles. The Hall–Kier alpha value is -1.23. The van der Waals surface area contributed by atoms with Crippen molar-refractivity contribution in [2.45, 2.75) is 19.0 Å². The number of alkyl halides is 3. The molecule has 0 heterocycles. The number of hydrogen-bond acceptors (Lipinski definition) is 2. The first-order valence-electron chi connectivity index (χ1n) is 4.98. The summed E-state index contributed by atoms with van der Waals surface area (Å²) < 4.78 is 42.8. The lowest BCUT2D eigenvalue weighted by Gasteiger charge is -2.18. The topological polar surface area (TPSA) is 35.2 Å². The van der Waals surface area contributed by atoms with Gasteiger partial charge in [-0.3, -0.25) is 0 Å². The summed E-state index contributed by atoms with van der Waals surface area (Å²) in [6.45, 7) is 1.85. The molecule has 1 rings (SSSR count). The average molecular weight is 233 g/mol. The summed E-state index contributed by atoms with van der Waals surface area (Å²) in [7, 11) is 0. The number of hydrogen-bond donors (Lipinski definition) is 1. The van der Waals surface area contributed by atoms with E-state index in [0.717, 1.165) is 0 Å². The van der Waals surface area contributed by atoms with Crippen LogP contribution in [0.4, 0.5) is 13.2 Å². The predicted octanol–water partition coefficient (Wildman–Crippen LogP) is 2.69. The smallest absolute Gasteiger partial charge is 0.396 e. The van der Waals surface area contributed by atoms with Crippen LogP contribution in [0.25, 0.3) is 0 Å². The number of nitrogens with two attached hydrogens (primary N) is 1. The molecule has 2 N–H and O–H groups in total. The zero-order valence-electron chi connectivity index (χ0n) is 8.92. The van der Waals surface area contributed by atoms with Gasteiger partial charge in [0.15, 0.2) is 0 Å². The van der Waals surface area contributed by atoms with E-state index in [1.54, 1.807) is 0 Å². The largest absolute Gasteiger partial charge is 0.494 e. The SMILES string of the molecule is CCOc1ccc(C(CN)C(F)(F)F)cc1. The van der Waals surface area contributed by atoms with E-state index in [-0.39, 0.29) is 5.56 Å². The van der Waals surface area contributed by atoms with Crippen LogP contribution < -0.4 is 10.5 Å². The van der Waals surface area contributed by atoms with Crippen molar-refractivity contribution in [1.29, 1.82) is 0 Å². The quantitative estimate of drug-likeness (QED) is 0.867. The number of rotatable bonds is 4. The summed E-state index contributed by atoms with van der Waals surface area (Å²) in [5.74, 6) is -1.05. The van der Waals surface area contributed by atoms with Gasteiger partial charge in [0.05, 0.1) is 12.5 Å². The second kappa shape index (κ2) is 5.21. The van der Waals surface area contributed by atoms with E-state index in [9.17, 15) is 13.2 Å². The van der Waals surface area contributed by atoms with Crippen LogP contribution in [-0.2, 0) is 0 Å². The molecule has 0 amide bonds. The highest BCUT2D eigenvalue weighted by Crippen LogP contribution is 2.34. The van der Waals surface area contributed by atoms with Gasteiger partial charge in [0.2, 0.25) is 0 Å². The van der Waals surface area contributed by atoms with Gasteiger partial charge in [-0.05, 0) is 24.6 Å². The molecule has 1 unspecified atom stereocenters. The molecule has 0 aliphatic heterocycles. The van der Waals surface area contributed by atoms with Crippen LogP contribution in [0.2, 0.25) is 0 Å². The van der Waals surface area contributed by atoms with Gasteiger partial charge in [0.25, 0.3) is 0 Å². The molecule has 0 bridgehead atoms. The van der Waals surface area contributed by atoms with Crippen molar-refractivity contribution in [2.24, 2.45) is 5.73 Å². The second-order valence-electron chi connectivity index (χ2n) is 3.33. The molecule has 16 heavy (non-hydrogen) atoms. The standard InChI is InChI=1S/C11H14F3NO/c1-2-16-9-5-3-8(4-6-9)10(7-15)11(12,13)14/h3-6,10H,2,7,15H2,1H3. The van der Waals surface area contributed by atoms with E-state index in [0.29, 0.717) is 12.4 Å². The fourth-order valence-electron chi connectivity index (χ4n) is 1.42. The number of benzene rings is 1. The van der Waals surface area contributed by atoms with Crippen LogP contribution in [0.15, 0.2) is 24.3 Å². The zero-order chi connectivity index (χ0) is 12.2. The van der Waals surface area contributed by atoms with E-state index >= 15 is 0 Å². The third-order valence-corrected chi connectivity index (χ3v) is 2.22. The molecule has 0 spiro atoms. The van der Waals surface area contributed by atoms with Crippen molar-refractivity contribution >= 4 is 0 Å². The monoisotopic (exact) mass is 233 g/mol. The minimum atomic E-state index is -4.30. The third kappa shape index (κ3) is 3.13. The Morgan fingerprint density at radius 1 is 1.25 bits per heavy atom. The van der Waals surface area contributed by atoms with Crippen molar-refractivity contribution in [2.75, 3.05) is 13.2 Å². The predicted molar refractivity (Wildman–Crippen MR) is 55.5 cm³/mol. The van der Waals surface area contributed by atoms with Crippen LogP contribution in [-0.4, -0.2) is 19.3 Å². The molecule has 0 saturated carbocycles. The third-order valence-electron chi connectivity index (χ3n) is 2.22. The minimum absolute atomic E-state index is 0.165. The van der Waals surface area contributed by atoms with Crippen LogP contribution >= 0.6 is 0 Å². The molecule has 0 aliphatic carbocycles. The summed E-state index contributed by atoms with van der Waals surface area (Å²) in [5.41, 5.74) is 5.30. The van der Waals surface area contributed by atoms with E-state index in [4.69, 9.17) is 10.5 Å². The van der Waals surface area contributed by atoms with Gasteiger partial charge in [0, 0.05) is 6.54 Å². The fraction of sp³-hybridized carbons (Fsp3) is 0.455. The lowest BCUT2D eigenvalue weighted by Crippen LogP contribution is -2.27. The maximum Gasteiger partial charge on any atom is 0.396 e. The van der Waals surface area contributed by atoms with Gasteiger partial charge in [-0.15, -0.1) is 0 Å². The van der Waals surface area contributed by atoms with Gasteiger partial charge in [-0.25, -0.2) is 0 Å². The van der Waals surface area contributed by atoms with Crippen LogP contribution in [0.3, 0.4) is 0 Å². The van der Waals surface area contributed by atoms with Crippen molar-refractivity contribution < 1.29 is 17.9 Å². The lowest BCUT2D eigenvalue weighted by atomic mass is 9.99. The van der Waals surface area contributed by atoms with E-state index in [2.05, 4.69) is 0 Å². The van der Waals surface area contributed by atoms with Crippen LogP contribution in [0.1, 0.15) is 18.4 Å². The van der Waals surface area contributed by atoms with E-state index in [1.807, 2.05) is 6.92 Å². The molecule has 0 radical (unpaired) electrons. The normalized spacial score (nSPS) is 13.6. The molecule has 0 saturated heterocycles. The molecule has 0 fully saturated rings. The Labute approximate surface area is 92.2 Å². The highest BCUT2D eigenvalue weighted by atomic mass is 19.4. The lowest BCUT2D eigenvalue weighted by molar-refractivity contribution is -0.148. The summed E-state index contributed by atoms with van der Waals surface area (Å²) in [5, 5.41) is 0. The zero-order valence-corrected chi connectivity index (χ0v) is 8.92. The number of ether oxygens (including phenoxy) is 1. The summed E-state index contributed by atoms with van der Waals surface area (Å²) in [4.78, 5) is 0. The Kier molecular flexibility index (Phi) is 4.18. The first kappa shape index (κ1) is 12.8. The van der Waals surface area contributed by atoms with Gasteiger partial charge >= 0.3 is 6.18 Å². The fourth-order valence-corrected chi connectivity index (χ4v) is 1.42. The Morgan fingerprint density at radius 3 is 2.19 bits per heavy atom. The highest BCUT2D eigenvalue weighted by Gasteiger charge is 2.39. The molecule has 0 aliphatic rings. The van der Waals surface area contributed by atoms with E-state index < -0.39 is 18.6 Å². The van der Waals surface area contributed by atoms with Gasteiger partial charge in [-0.1, -0.05) is 12.1 Å². The summed E-state index contributed by atoms with van der Waals surface area (Å²) in [6.07, 6.45) is -4.30. The summed E-state index contributed by atoms with van der Waals surface area (Å²) in [6, 6.07) is 5.84. The van der Waals surface area contributed by atoms with Crippen LogP contribution in [0.5, 0.6) is 5.75 Å². The van der Waals surface area contributed by atoms with Gasteiger partial charge < -0.3 is 10.5 Å². The minimum Gasteiger partial charge on any atom is -0.494 e. The van der Waals surface area contributed by atoms with Crippen molar-refractivity contribution in [3.63, 3.8) is 0 Å². The Balaban J connectivity index is 2.87. The second-order valence-corrected chi connectivity index (χ2v) is 3.33. The van der Waals surface area contributed by atoms with Crippen molar-refractivity contribution in [1.82, 2.24) is 0 Å². The molecule has 5 heteroatoms. The molecule has 90 valence electrons. The molecule has 1 atom stereocenters. The first-order chi connectivity index (χ1) is 7.49. The molecule has 1 aromatic rings. The number of halogens is 3. The Bertz CT molecular complexity index is 321. The highest BCUT2D eigenvalue weighted by molar-refractivity contribution is 5.30. The van der Waals surface area contributed by atoms with Crippen LogP contribution in [0, 0.1) is 0 Å². The molecule has 2 nitrogen and oxygen atoms in total. The maximum absolute atomic E-state index is 12.5. The molecular formula is C11H14F3NO. The summed E-state index contributed by atoms with van der Waals surface area (Å²) >= 11 is 0. The Morgan fingerprint density at radius 2 is 1.81 bits per heavy atom.